The minimum absolute atomic E-state index is 0.339. The van der Waals surface area contributed by atoms with Crippen LogP contribution in [0.3, 0.4) is 0 Å². The Bertz CT molecular complexity index is 290. The molecule has 0 aliphatic carbocycles. The zero-order valence-electron chi connectivity index (χ0n) is 5.77. The fourth-order valence-electron chi connectivity index (χ4n) is 0.670. The van der Waals surface area contributed by atoms with Gasteiger partial charge in [0.1, 0.15) is 6.26 Å². The number of carboxylic acids is 2. The van der Waals surface area contributed by atoms with Crippen molar-refractivity contribution in [1.29, 1.82) is 0 Å². The van der Waals surface area contributed by atoms with Crippen LogP contribution in [0.4, 0.5) is 0 Å². The van der Waals surface area contributed by atoms with Crippen molar-refractivity contribution in [2.75, 3.05) is 0 Å². The summed E-state index contributed by atoms with van der Waals surface area (Å²) in [6.07, 6.45) is 2.11. The van der Waals surface area contributed by atoms with Gasteiger partial charge in [-0.05, 0) is 6.08 Å². The number of nitrogens with one attached hydrogen (secondary N) is 1. The molecule has 3 N–H and O–H groups in total. The number of hydrogen-bond donors (Lipinski definition) is 3. The number of aliphatic carboxylic acids is 2. The van der Waals surface area contributed by atoms with Gasteiger partial charge in [0.05, 0.1) is 5.57 Å². The molecule has 0 saturated carbocycles. The number of rotatable bonds is 2. The van der Waals surface area contributed by atoms with Crippen LogP contribution in [0, 0.1) is 0 Å². The van der Waals surface area contributed by atoms with Gasteiger partial charge in [-0.1, -0.05) is 0 Å². The summed E-state index contributed by atoms with van der Waals surface area (Å²) in [6.45, 7) is 0. The average molecular weight is 171 g/mol. The molecule has 0 aromatic heterocycles. The second-order valence-corrected chi connectivity index (χ2v) is 1.92. The summed E-state index contributed by atoms with van der Waals surface area (Å²) in [6, 6.07) is 0. The van der Waals surface area contributed by atoms with E-state index < -0.39 is 17.6 Å². The van der Waals surface area contributed by atoms with Crippen LogP contribution in [0.25, 0.3) is 0 Å². The molecule has 0 aromatic carbocycles. The van der Waals surface area contributed by atoms with E-state index in [4.69, 9.17) is 10.2 Å². The van der Waals surface area contributed by atoms with Crippen LogP contribution in [-0.2, 0) is 14.4 Å². The highest BCUT2D eigenvalue weighted by molar-refractivity contribution is 6.00. The molecule has 0 aromatic rings. The first-order valence-corrected chi connectivity index (χ1v) is 2.92. The lowest BCUT2D eigenvalue weighted by Crippen LogP contribution is -2.25. The Balaban J connectivity index is 3.08. The molecule has 1 rings (SSSR count). The smallest absolute Gasteiger partial charge is 0.356 e. The van der Waals surface area contributed by atoms with Gasteiger partial charge in [-0.3, -0.25) is 0 Å². The lowest BCUT2D eigenvalue weighted by molar-refractivity contribution is -0.137. The highest BCUT2D eigenvalue weighted by Crippen LogP contribution is 2.08. The molecule has 0 fully saturated rings. The van der Waals surface area contributed by atoms with Gasteiger partial charge < -0.3 is 15.1 Å². The quantitative estimate of drug-likeness (QED) is 0.516. The Labute approximate surface area is 66.7 Å². The molecule has 64 valence electrons. The van der Waals surface area contributed by atoms with E-state index in [1.165, 1.54) is 0 Å². The summed E-state index contributed by atoms with van der Waals surface area (Å²) in [7, 11) is 0. The fourth-order valence-corrected chi connectivity index (χ4v) is 0.670. The van der Waals surface area contributed by atoms with Gasteiger partial charge in [0, 0.05) is 0 Å². The van der Waals surface area contributed by atoms with E-state index in [1.807, 2.05) is 5.48 Å². The van der Waals surface area contributed by atoms with Crippen LogP contribution in [0.15, 0.2) is 23.6 Å². The van der Waals surface area contributed by atoms with E-state index in [9.17, 15) is 9.59 Å². The second-order valence-electron chi connectivity index (χ2n) is 1.92. The van der Waals surface area contributed by atoms with E-state index in [0.717, 1.165) is 12.3 Å². The maximum atomic E-state index is 10.4. The van der Waals surface area contributed by atoms with E-state index >= 15 is 0 Å². The van der Waals surface area contributed by atoms with Crippen LogP contribution in [0.5, 0.6) is 0 Å². The normalized spacial score (nSPS) is 15.0. The Kier molecular flexibility index (Phi) is 2.00. The summed E-state index contributed by atoms with van der Waals surface area (Å²) in [5.41, 5.74) is 1.14. The third-order valence-corrected chi connectivity index (χ3v) is 1.18. The Hall–Kier alpha value is -1.98. The zero-order valence-corrected chi connectivity index (χ0v) is 5.77. The molecule has 6 heteroatoms. The van der Waals surface area contributed by atoms with Crippen molar-refractivity contribution >= 4 is 11.9 Å². The molecule has 0 saturated heterocycles. The average Bonchev–Trinajstić information content (AvgIpc) is 2.04. The van der Waals surface area contributed by atoms with Gasteiger partial charge in [-0.2, -0.15) is 0 Å². The predicted octanol–water partition coefficient (Wildman–Crippen LogP) is -0.542. The lowest BCUT2D eigenvalue weighted by atomic mass is 10.2. The van der Waals surface area contributed by atoms with Crippen molar-refractivity contribution in [2.45, 2.75) is 0 Å². The predicted molar refractivity (Wildman–Crippen MR) is 35.7 cm³/mol. The van der Waals surface area contributed by atoms with Gasteiger partial charge in [0.2, 0.25) is 0 Å². The maximum absolute atomic E-state index is 10.4. The molecular weight excluding hydrogens is 166 g/mol. The summed E-state index contributed by atoms with van der Waals surface area (Å²) >= 11 is 0. The molecule has 0 bridgehead atoms. The summed E-state index contributed by atoms with van der Waals surface area (Å²) in [5.74, 6) is -2.70. The van der Waals surface area contributed by atoms with Crippen molar-refractivity contribution in [2.24, 2.45) is 0 Å². The molecule has 1 aliphatic rings. The van der Waals surface area contributed by atoms with Gasteiger partial charge in [0.25, 0.3) is 0 Å². The van der Waals surface area contributed by atoms with Crippen LogP contribution in [-0.4, -0.2) is 22.2 Å². The zero-order chi connectivity index (χ0) is 9.14. The van der Waals surface area contributed by atoms with Crippen LogP contribution < -0.4 is 5.48 Å². The molecular formula is C6H5NO5. The molecule has 1 aliphatic heterocycles. The minimum Gasteiger partial charge on any atom is -0.478 e. The summed E-state index contributed by atoms with van der Waals surface area (Å²) < 4.78 is 0. The molecule has 0 spiro atoms. The van der Waals surface area contributed by atoms with Crippen molar-refractivity contribution in [3.63, 3.8) is 0 Å². The van der Waals surface area contributed by atoms with Crippen LogP contribution in [0.2, 0.25) is 0 Å². The first-order chi connectivity index (χ1) is 5.63. The van der Waals surface area contributed by atoms with Gasteiger partial charge in [0.15, 0.2) is 5.70 Å². The topological polar surface area (TPSA) is 95.9 Å². The SMILES string of the molecule is O=C(O)C1=C(C(=O)O)NOC=C1. The number of hydrogen-bond acceptors (Lipinski definition) is 4. The highest BCUT2D eigenvalue weighted by atomic mass is 16.6. The van der Waals surface area contributed by atoms with Crippen molar-refractivity contribution < 1.29 is 24.6 Å². The van der Waals surface area contributed by atoms with Crippen molar-refractivity contribution in [1.82, 2.24) is 5.48 Å². The summed E-state index contributed by atoms with van der Waals surface area (Å²) in [4.78, 5) is 25.2. The molecule has 0 amide bonds. The van der Waals surface area contributed by atoms with Gasteiger partial charge in [-0.15, -0.1) is 0 Å². The minimum atomic E-state index is -1.38. The number of carbonyl (C=O) groups is 2. The Morgan fingerprint density at radius 1 is 1.33 bits per heavy atom. The van der Waals surface area contributed by atoms with E-state index in [2.05, 4.69) is 4.84 Å². The first-order valence-electron chi connectivity index (χ1n) is 2.92. The maximum Gasteiger partial charge on any atom is 0.356 e. The van der Waals surface area contributed by atoms with Gasteiger partial charge in [-0.25, -0.2) is 15.1 Å². The largest absolute Gasteiger partial charge is 0.478 e. The van der Waals surface area contributed by atoms with Crippen LogP contribution >= 0.6 is 0 Å². The third kappa shape index (κ3) is 1.36. The molecule has 6 nitrogen and oxygen atoms in total. The van der Waals surface area contributed by atoms with E-state index in [-0.39, 0.29) is 5.57 Å². The van der Waals surface area contributed by atoms with E-state index in [1.54, 1.807) is 0 Å². The third-order valence-electron chi connectivity index (χ3n) is 1.18. The van der Waals surface area contributed by atoms with Crippen molar-refractivity contribution in [3.8, 4) is 0 Å². The number of hydroxylamine groups is 1. The molecule has 0 atom stereocenters. The molecule has 12 heavy (non-hydrogen) atoms. The van der Waals surface area contributed by atoms with E-state index in [0.29, 0.717) is 0 Å². The number of carboxylic acid groups (broad SMARTS) is 2. The highest BCUT2D eigenvalue weighted by Gasteiger charge is 2.20. The summed E-state index contributed by atoms with van der Waals surface area (Å²) in [5, 5.41) is 16.9. The Morgan fingerprint density at radius 2 is 2.00 bits per heavy atom. The fraction of sp³-hybridized carbons (Fsp3) is 0. The lowest BCUT2D eigenvalue weighted by Gasteiger charge is -2.11. The Morgan fingerprint density at radius 3 is 2.42 bits per heavy atom. The van der Waals surface area contributed by atoms with Gasteiger partial charge >= 0.3 is 11.9 Å². The second kappa shape index (κ2) is 2.95. The van der Waals surface area contributed by atoms with Crippen LogP contribution in [0.1, 0.15) is 0 Å². The molecule has 0 unspecified atom stereocenters. The first kappa shape index (κ1) is 8.12. The molecule has 0 radical (unpaired) electrons. The monoisotopic (exact) mass is 171 g/mol. The van der Waals surface area contributed by atoms with Crippen molar-refractivity contribution in [3.05, 3.63) is 23.6 Å². The standard InChI is InChI=1S/C6H5NO5/c8-5(9)3-1-2-12-7-4(3)6(10)11/h1-2,7H,(H,8,9)(H,10,11). The molecule has 1 heterocycles.